The number of rotatable bonds is 3. The Kier molecular flexibility index (Phi) is 2.87. The van der Waals surface area contributed by atoms with Gasteiger partial charge in [0.05, 0.1) is 12.1 Å². The van der Waals surface area contributed by atoms with E-state index in [0.717, 1.165) is 5.52 Å². The van der Waals surface area contributed by atoms with Crippen LogP contribution in [0.3, 0.4) is 0 Å². The van der Waals surface area contributed by atoms with Crippen LogP contribution in [0, 0.1) is 0 Å². The highest BCUT2D eigenvalue weighted by Crippen LogP contribution is 2.11. The lowest BCUT2D eigenvalue weighted by Gasteiger charge is -2.00. The van der Waals surface area contributed by atoms with Crippen LogP contribution in [0.5, 0.6) is 0 Å². The number of aromatic nitrogens is 1. The van der Waals surface area contributed by atoms with E-state index in [9.17, 15) is 4.79 Å². The van der Waals surface area contributed by atoms with E-state index in [0.29, 0.717) is 17.8 Å². The van der Waals surface area contributed by atoms with Gasteiger partial charge in [0.1, 0.15) is 6.73 Å². The van der Waals surface area contributed by atoms with Gasteiger partial charge in [0, 0.05) is 5.71 Å². The van der Waals surface area contributed by atoms with Gasteiger partial charge in [-0.1, -0.05) is 12.1 Å². The minimum atomic E-state index is -0.409. The predicted molar refractivity (Wildman–Crippen MR) is 60.7 cm³/mol. The van der Waals surface area contributed by atoms with Gasteiger partial charge in [-0.05, 0) is 19.1 Å². The summed E-state index contributed by atoms with van der Waals surface area (Å²) in [6.07, 6.45) is 0. The number of para-hydroxylation sites is 2. The molecule has 1 aromatic heterocycles. The van der Waals surface area contributed by atoms with Gasteiger partial charge < -0.3 is 9.52 Å². The molecule has 1 aromatic carbocycles. The summed E-state index contributed by atoms with van der Waals surface area (Å²) >= 11 is 0. The predicted octanol–water partition coefficient (Wildman–Crippen LogP) is 1.01. The van der Waals surface area contributed by atoms with Gasteiger partial charge in [-0.3, -0.25) is 9.56 Å². The fourth-order valence-electron chi connectivity index (χ4n) is 1.56. The molecule has 0 radical (unpaired) electrons. The summed E-state index contributed by atoms with van der Waals surface area (Å²) in [5.41, 5.74) is 1.97. The third kappa shape index (κ3) is 1.90. The molecule has 0 bridgehead atoms. The Morgan fingerprint density at radius 2 is 2.25 bits per heavy atom. The van der Waals surface area contributed by atoms with Crippen molar-refractivity contribution in [1.82, 2.24) is 4.57 Å². The molecule has 1 N–H and O–H groups in total. The smallest absolute Gasteiger partial charge is 0.408 e. The number of benzene rings is 1. The summed E-state index contributed by atoms with van der Waals surface area (Å²) in [7, 11) is 0. The molecule has 0 fully saturated rings. The van der Waals surface area contributed by atoms with E-state index in [2.05, 4.69) is 4.99 Å². The van der Waals surface area contributed by atoms with E-state index in [-0.39, 0.29) is 6.73 Å². The second-order valence-corrected chi connectivity index (χ2v) is 3.46. The van der Waals surface area contributed by atoms with Gasteiger partial charge in [0.15, 0.2) is 5.58 Å². The first-order valence-electron chi connectivity index (χ1n) is 4.91. The summed E-state index contributed by atoms with van der Waals surface area (Å²) in [5.74, 6) is -0.409. The zero-order valence-electron chi connectivity index (χ0n) is 8.88. The third-order valence-electron chi connectivity index (χ3n) is 2.30. The molecule has 0 amide bonds. The van der Waals surface area contributed by atoms with Crippen LogP contribution < -0.4 is 5.76 Å². The molecule has 0 saturated heterocycles. The Labute approximate surface area is 91.6 Å². The van der Waals surface area contributed by atoms with Crippen molar-refractivity contribution in [3.05, 3.63) is 34.8 Å². The maximum absolute atomic E-state index is 11.6. The molecule has 16 heavy (non-hydrogen) atoms. The van der Waals surface area contributed by atoms with Crippen LogP contribution in [-0.4, -0.2) is 22.1 Å². The molecule has 0 aliphatic heterocycles. The van der Waals surface area contributed by atoms with Crippen molar-refractivity contribution < 1.29 is 9.52 Å². The van der Waals surface area contributed by atoms with Crippen molar-refractivity contribution in [2.24, 2.45) is 4.99 Å². The first-order valence-corrected chi connectivity index (χ1v) is 4.91. The van der Waals surface area contributed by atoms with Crippen molar-refractivity contribution in [3.8, 4) is 0 Å². The van der Waals surface area contributed by atoms with E-state index >= 15 is 0 Å². The van der Waals surface area contributed by atoms with Gasteiger partial charge in [-0.2, -0.15) is 0 Å². The van der Waals surface area contributed by atoms with Crippen molar-refractivity contribution in [1.29, 1.82) is 0 Å². The molecule has 2 aromatic rings. The summed E-state index contributed by atoms with van der Waals surface area (Å²) in [6.45, 7) is 1.82. The van der Waals surface area contributed by atoms with E-state index < -0.39 is 5.76 Å². The lowest BCUT2D eigenvalue weighted by molar-refractivity contribution is 0.309. The lowest BCUT2D eigenvalue weighted by atomic mass is 10.3. The average Bonchev–Trinajstić information content (AvgIpc) is 2.56. The summed E-state index contributed by atoms with van der Waals surface area (Å²) in [5, 5.41) is 8.65. The fourth-order valence-corrected chi connectivity index (χ4v) is 1.56. The van der Waals surface area contributed by atoms with Crippen LogP contribution >= 0.6 is 0 Å². The van der Waals surface area contributed by atoms with E-state index in [1.54, 1.807) is 13.0 Å². The number of oxazole rings is 1. The topological polar surface area (TPSA) is 67.7 Å². The van der Waals surface area contributed by atoms with E-state index in [1.807, 2.05) is 18.2 Å². The molecule has 2 rings (SSSR count). The van der Waals surface area contributed by atoms with Crippen molar-refractivity contribution in [3.63, 3.8) is 0 Å². The molecular formula is C11H12N2O3. The number of hydrogen-bond donors (Lipinski definition) is 1. The van der Waals surface area contributed by atoms with Crippen LogP contribution in [0.25, 0.3) is 11.1 Å². The summed E-state index contributed by atoms with van der Waals surface area (Å²) in [6, 6.07) is 7.20. The van der Waals surface area contributed by atoms with Gasteiger partial charge in [0.2, 0.25) is 0 Å². The Bertz CT molecular complexity index is 580. The fraction of sp³-hybridized carbons (Fsp3) is 0.273. The molecule has 5 nitrogen and oxygen atoms in total. The SMILES string of the molecule is C/C(Cn1c(=O)oc2ccccc21)=N\CO. The van der Waals surface area contributed by atoms with Crippen LogP contribution in [0.15, 0.2) is 38.5 Å². The molecular weight excluding hydrogens is 208 g/mol. The van der Waals surface area contributed by atoms with Gasteiger partial charge >= 0.3 is 5.76 Å². The van der Waals surface area contributed by atoms with Gasteiger partial charge in [-0.25, -0.2) is 4.79 Å². The number of aliphatic hydroxyl groups is 1. The molecule has 1 heterocycles. The number of nitrogens with zero attached hydrogens (tertiary/aromatic N) is 2. The largest absolute Gasteiger partial charge is 0.420 e. The lowest BCUT2D eigenvalue weighted by Crippen LogP contribution is -2.18. The minimum absolute atomic E-state index is 0.267. The van der Waals surface area contributed by atoms with Crippen LogP contribution in [0.4, 0.5) is 0 Å². The number of aliphatic hydroxyl groups excluding tert-OH is 1. The molecule has 0 unspecified atom stereocenters. The van der Waals surface area contributed by atoms with Crippen molar-refractivity contribution >= 4 is 16.8 Å². The molecule has 84 valence electrons. The molecule has 5 heteroatoms. The highest BCUT2D eigenvalue weighted by Gasteiger charge is 2.08. The average molecular weight is 220 g/mol. The Morgan fingerprint density at radius 1 is 1.50 bits per heavy atom. The zero-order chi connectivity index (χ0) is 11.5. The molecule has 0 spiro atoms. The minimum Gasteiger partial charge on any atom is -0.408 e. The monoisotopic (exact) mass is 220 g/mol. The second-order valence-electron chi connectivity index (χ2n) is 3.46. The molecule has 0 atom stereocenters. The van der Waals surface area contributed by atoms with Crippen LogP contribution in [0.2, 0.25) is 0 Å². The first-order chi connectivity index (χ1) is 7.72. The van der Waals surface area contributed by atoms with Crippen LogP contribution in [-0.2, 0) is 6.54 Å². The third-order valence-corrected chi connectivity index (χ3v) is 2.30. The molecule has 0 aliphatic carbocycles. The van der Waals surface area contributed by atoms with E-state index in [1.165, 1.54) is 4.57 Å². The number of fused-ring (bicyclic) bond motifs is 1. The Hall–Kier alpha value is -1.88. The normalized spacial score (nSPS) is 12.2. The van der Waals surface area contributed by atoms with Crippen molar-refractivity contribution in [2.75, 3.05) is 6.73 Å². The maximum Gasteiger partial charge on any atom is 0.420 e. The van der Waals surface area contributed by atoms with Crippen LogP contribution in [0.1, 0.15) is 6.92 Å². The zero-order valence-corrected chi connectivity index (χ0v) is 8.88. The number of aliphatic imine (C=N–C) groups is 1. The first kappa shape index (κ1) is 10.6. The van der Waals surface area contributed by atoms with Gasteiger partial charge in [-0.15, -0.1) is 0 Å². The Morgan fingerprint density at radius 3 is 3.00 bits per heavy atom. The van der Waals surface area contributed by atoms with E-state index in [4.69, 9.17) is 9.52 Å². The Balaban J connectivity index is 2.48. The standard InChI is InChI=1S/C11H12N2O3/c1-8(12-7-14)6-13-9-4-2-3-5-10(9)16-11(13)15/h2-5,14H,6-7H2,1H3/b12-8+. The number of hydrogen-bond acceptors (Lipinski definition) is 4. The van der Waals surface area contributed by atoms with Gasteiger partial charge in [0.25, 0.3) is 0 Å². The second kappa shape index (κ2) is 4.32. The maximum atomic E-state index is 11.6. The highest BCUT2D eigenvalue weighted by molar-refractivity contribution is 5.83. The highest BCUT2D eigenvalue weighted by atomic mass is 16.4. The molecule has 0 saturated carbocycles. The summed E-state index contributed by atoms with van der Waals surface area (Å²) < 4.78 is 6.56. The summed E-state index contributed by atoms with van der Waals surface area (Å²) in [4.78, 5) is 15.4. The van der Waals surface area contributed by atoms with Crippen molar-refractivity contribution in [2.45, 2.75) is 13.5 Å². The quantitative estimate of drug-likeness (QED) is 0.785. The molecule has 0 aliphatic rings.